The van der Waals surface area contributed by atoms with Gasteiger partial charge in [0.15, 0.2) is 5.96 Å². The summed E-state index contributed by atoms with van der Waals surface area (Å²) in [6.45, 7) is 4.09. The van der Waals surface area contributed by atoms with Gasteiger partial charge < -0.3 is 27.1 Å². The number of phenolic OH excluding ortho intramolecular Hbond substituents is 1. The summed E-state index contributed by atoms with van der Waals surface area (Å²) in [5.41, 5.74) is 16.9. The van der Waals surface area contributed by atoms with Gasteiger partial charge in [0.2, 0.25) is 11.8 Å². The molecular formula is C20H31N5O4. The van der Waals surface area contributed by atoms with Crippen LogP contribution in [-0.2, 0) is 20.8 Å². The highest BCUT2D eigenvalue weighted by Gasteiger charge is 2.33. The Hall–Kier alpha value is -2.94. The summed E-state index contributed by atoms with van der Waals surface area (Å²) in [6, 6.07) is 4.43. The molecule has 0 spiro atoms. The molecule has 1 rings (SSSR count). The molecule has 0 aliphatic carbocycles. The summed E-state index contributed by atoms with van der Waals surface area (Å²) < 4.78 is 0. The van der Waals surface area contributed by atoms with Gasteiger partial charge >= 0.3 is 0 Å². The topological polar surface area (TPSA) is 165 Å². The Labute approximate surface area is 170 Å². The molecule has 0 saturated heterocycles. The summed E-state index contributed by atoms with van der Waals surface area (Å²) in [5.74, 6) is -1.21. The number of nitrogens with zero attached hydrogens (tertiary/aromatic N) is 2. The van der Waals surface area contributed by atoms with Crippen LogP contribution in [0.25, 0.3) is 0 Å². The largest absolute Gasteiger partial charge is 0.508 e. The number of carbonyl (C=O) groups excluding carboxylic acids is 3. The van der Waals surface area contributed by atoms with Crippen molar-refractivity contribution >= 4 is 24.1 Å². The molecule has 29 heavy (non-hydrogen) atoms. The van der Waals surface area contributed by atoms with E-state index in [2.05, 4.69) is 4.99 Å². The van der Waals surface area contributed by atoms with E-state index in [1.807, 2.05) is 13.8 Å². The van der Waals surface area contributed by atoms with Crippen molar-refractivity contribution in [1.29, 1.82) is 0 Å². The number of hydrogen-bond acceptors (Lipinski definition) is 6. The van der Waals surface area contributed by atoms with Crippen molar-refractivity contribution in [3.8, 4) is 5.75 Å². The highest BCUT2D eigenvalue weighted by molar-refractivity contribution is 6.01. The minimum absolute atomic E-state index is 0.0601. The first-order chi connectivity index (χ1) is 13.7. The van der Waals surface area contributed by atoms with Crippen molar-refractivity contribution in [2.75, 3.05) is 6.54 Å². The zero-order valence-electron chi connectivity index (χ0n) is 17.0. The zero-order chi connectivity index (χ0) is 22.0. The maximum Gasteiger partial charge on any atom is 0.246 e. The highest BCUT2D eigenvalue weighted by Crippen LogP contribution is 2.19. The number of hydrogen-bond donors (Lipinski definition) is 4. The van der Waals surface area contributed by atoms with Gasteiger partial charge in [0, 0.05) is 12.1 Å². The predicted octanol–water partition coefficient (Wildman–Crippen LogP) is 0.284. The summed E-state index contributed by atoms with van der Waals surface area (Å²) in [7, 11) is 0. The Morgan fingerprint density at radius 3 is 2.45 bits per heavy atom. The second-order valence-corrected chi connectivity index (χ2v) is 7.30. The van der Waals surface area contributed by atoms with Crippen LogP contribution < -0.4 is 17.2 Å². The van der Waals surface area contributed by atoms with Crippen LogP contribution in [0.2, 0.25) is 0 Å². The molecule has 9 heteroatoms. The van der Waals surface area contributed by atoms with Gasteiger partial charge in [0.1, 0.15) is 12.0 Å². The molecule has 0 heterocycles. The molecule has 1 aromatic rings. The summed E-state index contributed by atoms with van der Waals surface area (Å²) in [4.78, 5) is 42.4. The van der Waals surface area contributed by atoms with Gasteiger partial charge in [-0.15, -0.1) is 0 Å². The Morgan fingerprint density at radius 1 is 1.24 bits per heavy atom. The van der Waals surface area contributed by atoms with Crippen LogP contribution in [0.5, 0.6) is 5.75 Å². The lowest BCUT2D eigenvalue weighted by molar-refractivity contribution is -0.150. The van der Waals surface area contributed by atoms with Crippen LogP contribution in [0.4, 0.5) is 0 Å². The van der Waals surface area contributed by atoms with Gasteiger partial charge in [-0.2, -0.15) is 0 Å². The van der Waals surface area contributed by atoms with Gasteiger partial charge in [-0.05, 0) is 31.2 Å². The molecule has 0 fully saturated rings. The molecule has 7 N–H and O–H groups in total. The Kier molecular flexibility index (Phi) is 9.81. The summed E-state index contributed by atoms with van der Waals surface area (Å²) in [6.07, 6.45) is 1.30. The number of amides is 2. The standard InChI is InChI=1S/C20H31N5O4/c1-13(2)10-16(21)19(29)25(15(12-26)7-5-9-24-20(22)23)18(28)11-14-6-3-4-8-17(14)27/h3-4,6,8,12-13,15-16,27H,5,7,9-11,21H2,1-2H3,(H4,22,23,24)/t15-,16-/m0/s1. The quantitative estimate of drug-likeness (QED) is 0.178. The normalized spacial score (nSPS) is 12.8. The monoisotopic (exact) mass is 405 g/mol. The molecule has 0 bridgehead atoms. The van der Waals surface area contributed by atoms with E-state index in [4.69, 9.17) is 17.2 Å². The number of aldehydes is 1. The minimum atomic E-state index is -0.992. The second-order valence-electron chi connectivity index (χ2n) is 7.30. The molecular weight excluding hydrogens is 374 g/mol. The molecule has 2 atom stereocenters. The second kappa shape index (κ2) is 11.8. The minimum Gasteiger partial charge on any atom is -0.508 e. The third-order valence-electron chi connectivity index (χ3n) is 4.32. The Balaban J connectivity index is 3.06. The Morgan fingerprint density at radius 2 is 1.90 bits per heavy atom. The molecule has 0 aromatic heterocycles. The van der Waals surface area contributed by atoms with Crippen molar-refractivity contribution in [2.45, 2.75) is 51.6 Å². The van der Waals surface area contributed by atoms with Crippen molar-refractivity contribution in [1.82, 2.24) is 4.90 Å². The number of para-hydroxylation sites is 1. The number of guanidine groups is 1. The first kappa shape index (κ1) is 24.1. The number of rotatable bonds is 11. The number of benzene rings is 1. The summed E-state index contributed by atoms with van der Waals surface area (Å²) in [5, 5.41) is 9.94. The lowest BCUT2D eigenvalue weighted by Crippen LogP contribution is -2.53. The fourth-order valence-corrected chi connectivity index (χ4v) is 2.93. The van der Waals surface area contributed by atoms with E-state index in [9.17, 15) is 19.5 Å². The van der Waals surface area contributed by atoms with Crippen molar-refractivity contribution in [3.63, 3.8) is 0 Å². The maximum absolute atomic E-state index is 12.9. The molecule has 1 aromatic carbocycles. The van der Waals surface area contributed by atoms with Gasteiger partial charge in [0.25, 0.3) is 0 Å². The van der Waals surface area contributed by atoms with Crippen LogP contribution in [0.15, 0.2) is 29.3 Å². The molecule has 0 saturated carbocycles. The van der Waals surface area contributed by atoms with Gasteiger partial charge in [-0.3, -0.25) is 19.5 Å². The lowest BCUT2D eigenvalue weighted by atomic mass is 10.0. The van der Waals surface area contributed by atoms with Gasteiger partial charge in [-0.1, -0.05) is 32.0 Å². The number of nitrogens with two attached hydrogens (primary N) is 3. The number of carbonyl (C=O) groups is 3. The average Bonchev–Trinajstić information content (AvgIpc) is 2.64. The predicted molar refractivity (Wildman–Crippen MR) is 111 cm³/mol. The van der Waals surface area contributed by atoms with Gasteiger partial charge in [-0.25, -0.2) is 0 Å². The van der Waals surface area contributed by atoms with Crippen LogP contribution in [0.1, 0.15) is 38.7 Å². The molecule has 0 radical (unpaired) electrons. The van der Waals surface area contributed by atoms with E-state index in [0.717, 1.165) is 4.90 Å². The molecule has 2 amide bonds. The van der Waals surface area contributed by atoms with Gasteiger partial charge in [0.05, 0.1) is 18.5 Å². The SMILES string of the molecule is CC(C)C[C@H](N)C(=O)N(C(=O)Cc1ccccc1O)[C@H](C=O)CCCN=C(N)N. The van der Waals surface area contributed by atoms with E-state index in [1.54, 1.807) is 18.2 Å². The Bertz CT molecular complexity index is 731. The molecule has 0 unspecified atom stereocenters. The van der Waals surface area contributed by atoms with Crippen LogP contribution in [0.3, 0.4) is 0 Å². The number of aliphatic imine (C=N–C) groups is 1. The molecule has 9 nitrogen and oxygen atoms in total. The highest BCUT2D eigenvalue weighted by atomic mass is 16.3. The molecule has 160 valence electrons. The van der Waals surface area contributed by atoms with E-state index < -0.39 is 23.9 Å². The van der Waals surface area contributed by atoms with Crippen LogP contribution >= 0.6 is 0 Å². The van der Waals surface area contributed by atoms with Crippen molar-refractivity contribution in [2.24, 2.45) is 28.1 Å². The first-order valence-corrected chi connectivity index (χ1v) is 9.56. The smallest absolute Gasteiger partial charge is 0.246 e. The average molecular weight is 405 g/mol. The van der Waals surface area contributed by atoms with E-state index >= 15 is 0 Å². The third kappa shape index (κ3) is 7.90. The third-order valence-corrected chi connectivity index (χ3v) is 4.32. The van der Waals surface area contributed by atoms with E-state index in [0.29, 0.717) is 24.7 Å². The number of imide groups is 1. The van der Waals surface area contributed by atoms with E-state index in [1.165, 1.54) is 6.07 Å². The fourth-order valence-electron chi connectivity index (χ4n) is 2.93. The fraction of sp³-hybridized carbons (Fsp3) is 0.500. The zero-order valence-corrected chi connectivity index (χ0v) is 17.0. The van der Waals surface area contributed by atoms with Crippen LogP contribution in [-0.4, -0.2) is 52.7 Å². The summed E-state index contributed by atoms with van der Waals surface area (Å²) >= 11 is 0. The van der Waals surface area contributed by atoms with Crippen molar-refractivity contribution in [3.05, 3.63) is 29.8 Å². The number of phenols is 1. The molecule has 0 aliphatic rings. The molecule has 0 aliphatic heterocycles. The van der Waals surface area contributed by atoms with Crippen molar-refractivity contribution < 1.29 is 19.5 Å². The van der Waals surface area contributed by atoms with E-state index in [-0.39, 0.29) is 37.0 Å². The number of aromatic hydroxyl groups is 1. The van der Waals surface area contributed by atoms with Crippen LogP contribution in [0, 0.1) is 5.92 Å². The lowest BCUT2D eigenvalue weighted by Gasteiger charge is -2.29. The maximum atomic E-state index is 12.9. The first-order valence-electron chi connectivity index (χ1n) is 9.56.